The molecule has 3 aromatic carbocycles. The van der Waals surface area contributed by atoms with Crippen LogP contribution in [0.25, 0.3) is 16.8 Å². The van der Waals surface area contributed by atoms with Crippen molar-refractivity contribution in [3.8, 4) is 0 Å². The quantitative estimate of drug-likeness (QED) is 0.479. The lowest BCUT2D eigenvalue weighted by Gasteiger charge is -2.01. The van der Waals surface area contributed by atoms with Crippen LogP contribution in [0.5, 0.6) is 0 Å². The summed E-state index contributed by atoms with van der Waals surface area (Å²) in [6.45, 7) is 8.73. The lowest BCUT2D eigenvalue weighted by molar-refractivity contribution is 1.11. The average Bonchev–Trinajstić information content (AvgIpc) is 3.00. The molecule has 0 radical (unpaired) electrons. The molecule has 0 bridgehead atoms. The van der Waals surface area contributed by atoms with Gasteiger partial charge in [-0.2, -0.15) is 0 Å². The molecule has 0 spiro atoms. The van der Waals surface area contributed by atoms with E-state index in [1.54, 1.807) is 0 Å². The molecule has 0 aliphatic heterocycles. The van der Waals surface area contributed by atoms with Gasteiger partial charge in [0.2, 0.25) is 0 Å². The molecule has 0 heteroatoms. The van der Waals surface area contributed by atoms with Crippen LogP contribution in [0.4, 0.5) is 0 Å². The van der Waals surface area contributed by atoms with Gasteiger partial charge >= 0.3 is 0 Å². The number of fused-ring (bicyclic) bond motifs is 2. The lowest BCUT2D eigenvalue weighted by atomic mass is 10.0. The van der Waals surface area contributed by atoms with E-state index < -0.39 is 0 Å². The smallest absolute Gasteiger partial charge is 0.00605 e. The zero-order valence-electron chi connectivity index (χ0n) is 15.9. The highest BCUT2D eigenvalue weighted by Gasteiger charge is 2.08. The maximum absolute atomic E-state index is 2.34. The number of allylic oxidation sites excluding steroid dienone is 1. The van der Waals surface area contributed by atoms with Crippen molar-refractivity contribution >= 4 is 16.8 Å². The van der Waals surface area contributed by atoms with Gasteiger partial charge in [-0.25, -0.2) is 0 Å². The van der Waals surface area contributed by atoms with Crippen molar-refractivity contribution in [2.45, 2.75) is 47.0 Å². The van der Waals surface area contributed by atoms with E-state index in [9.17, 15) is 0 Å². The Labute approximate surface area is 152 Å². The van der Waals surface area contributed by atoms with Crippen LogP contribution in [0.2, 0.25) is 0 Å². The Morgan fingerprint density at radius 1 is 0.720 bits per heavy atom. The second kappa shape index (κ2) is 7.70. The molecule has 0 aromatic heterocycles. The molecule has 0 nitrogen and oxygen atoms in total. The lowest BCUT2D eigenvalue weighted by Crippen LogP contribution is -1.86. The van der Waals surface area contributed by atoms with Crippen LogP contribution in [0.3, 0.4) is 0 Å². The van der Waals surface area contributed by atoms with Gasteiger partial charge in [-0.3, -0.25) is 0 Å². The minimum atomic E-state index is 1.11. The Balaban J connectivity index is 0.000000146. The summed E-state index contributed by atoms with van der Waals surface area (Å²) in [5.41, 5.74) is 8.61. The van der Waals surface area contributed by atoms with Crippen molar-refractivity contribution in [2.24, 2.45) is 0 Å². The van der Waals surface area contributed by atoms with E-state index in [2.05, 4.69) is 88.4 Å². The topological polar surface area (TPSA) is 0 Å². The highest BCUT2D eigenvalue weighted by atomic mass is 14.1. The first-order valence-corrected chi connectivity index (χ1v) is 9.37. The third-order valence-corrected chi connectivity index (χ3v) is 4.96. The minimum absolute atomic E-state index is 1.11. The van der Waals surface area contributed by atoms with Crippen molar-refractivity contribution < 1.29 is 0 Å². The summed E-state index contributed by atoms with van der Waals surface area (Å²) in [4.78, 5) is 0. The van der Waals surface area contributed by atoms with Gasteiger partial charge in [0, 0.05) is 0 Å². The monoisotopic (exact) mass is 328 g/mol. The summed E-state index contributed by atoms with van der Waals surface area (Å²) in [6.07, 6.45) is 5.70. The van der Waals surface area contributed by atoms with Crippen LogP contribution in [-0.4, -0.2) is 0 Å². The standard InChI is InChI=1S/C13H14.C12H14/c1-3-11-5-7-12-8-10(2)4-6-13(12)9-11;1-3-10-4-5-11-6-9(2)7-12(11)8-10/h4-9H,3H2,1-2H3;4-6,8H,3,7H2,1-2H3. The second-order valence-electron chi connectivity index (χ2n) is 7.09. The Hall–Kier alpha value is -2.34. The molecule has 128 valence electrons. The summed E-state index contributed by atoms with van der Waals surface area (Å²) in [6, 6.07) is 20.1. The van der Waals surface area contributed by atoms with E-state index in [0.717, 1.165) is 19.3 Å². The van der Waals surface area contributed by atoms with Gasteiger partial charge in [-0.1, -0.05) is 85.7 Å². The van der Waals surface area contributed by atoms with Gasteiger partial charge in [0.1, 0.15) is 0 Å². The molecule has 3 aromatic rings. The number of hydrogen-bond acceptors (Lipinski definition) is 0. The third-order valence-electron chi connectivity index (χ3n) is 4.96. The van der Waals surface area contributed by atoms with Gasteiger partial charge in [0.25, 0.3) is 0 Å². The van der Waals surface area contributed by atoms with Crippen LogP contribution >= 0.6 is 0 Å². The molecule has 0 N–H and O–H groups in total. The van der Waals surface area contributed by atoms with Crippen molar-refractivity contribution in [3.05, 3.63) is 88.0 Å². The zero-order chi connectivity index (χ0) is 17.8. The Morgan fingerprint density at radius 3 is 2.12 bits per heavy atom. The minimum Gasteiger partial charge on any atom is -0.0683 e. The first-order chi connectivity index (χ1) is 12.1. The third kappa shape index (κ3) is 4.20. The highest BCUT2D eigenvalue weighted by molar-refractivity contribution is 5.83. The molecule has 0 unspecified atom stereocenters. The predicted octanol–water partition coefficient (Wildman–Crippen LogP) is 6.92. The summed E-state index contributed by atoms with van der Waals surface area (Å²) < 4.78 is 0. The Bertz CT molecular complexity index is 912. The van der Waals surface area contributed by atoms with E-state index in [4.69, 9.17) is 0 Å². The Morgan fingerprint density at radius 2 is 1.36 bits per heavy atom. The van der Waals surface area contributed by atoms with Crippen molar-refractivity contribution in [1.29, 1.82) is 0 Å². The molecule has 25 heavy (non-hydrogen) atoms. The van der Waals surface area contributed by atoms with Gasteiger partial charge < -0.3 is 0 Å². The first-order valence-electron chi connectivity index (χ1n) is 9.37. The molecule has 0 atom stereocenters. The van der Waals surface area contributed by atoms with Gasteiger partial charge in [0.05, 0.1) is 0 Å². The highest BCUT2D eigenvalue weighted by Crippen LogP contribution is 2.25. The van der Waals surface area contributed by atoms with E-state index in [1.807, 2.05) is 0 Å². The predicted molar refractivity (Wildman–Crippen MR) is 111 cm³/mol. The van der Waals surface area contributed by atoms with Crippen LogP contribution in [0, 0.1) is 6.92 Å². The van der Waals surface area contributed by atoms with Gasteiger partial charge in [0.15, 0.2) is 0 Å². The molecule has 4 rings (SSSR count). The van der Waals surface area contributed by atoms with E-state index in [-0.39, 0.29) is 0 Å². The van der Waals surface area contributed by atoms with E-state index in [1.165, 1.54) is 44.2 Å². The fraction of sp³-hybridized carbons (Fsp3) is 0.280. The molecule has 0 heterocycles. The number of aryl methyl sites for hydroxylation is 3. The average molecular weight is 328 g/mol. The molecular formula is C25H28. The second-order valence-corrected chi connectivity index (χ2v) is 7.09. The van der Waals surface area contributed by atoms with Crippen LogP contribution in [0.15, 0.2) is 60.2 Å². The number of benzene rings is 3. The maximum Gasteiger partial charge on any atom is -0.00605 e. The zero-order valence-corrected chi connectivity index (χ0v) is 15.9. The van der Waals surface area contributed by atoms with Crippen LogP contribution in [-0.2, 0) is 19.3 Å². The fourth-order valence-electron chi connectivity index (χ4n) is 3.42. The Kier molecular flexibility index (Phi) is 5.38. The summed E-state index contributed by atoms with van der Waals surface area (Å²) in [5, 5.41) is 2.70. The summed E-state index contributed by atoms with van der Waals surface area (Å²) >= 11 is 0. The van der Waals surface area contributed by atoms with Crippen LogP contribution in [0.1, 0.15) is 48.6 Å². The molecule has 0 amide bonds. The SMILES string of the molecule is CCc1ccc2c(c1)CC(C)=C2.CCc1ccc2cc(C)ccc2c1. The van der Waals surface area contributed by atoms with E-state index in [0.29, 0.717) is 0 Å². The molecular weight excluding hydrogens is 300 g/mol. The fourth-order valence-corrected chi connectivity index (χ4v) is 3.42. The van der Waals surface area contributed by atoms with Crippen molar-refractivity contribution in [3.63, 3.8) is 0 Å². The summed E-state index contributed by atoms with van der Waals surface area (Å²) in [7, 11) is 0. The normalized spacial score (nSPS) is 12.4. The number of hydrogen-bond donors (Lipinski definition) is 0. The first kappa shape index (κ1) is 17.5. The van der Waals surface area contributed by atoms with Gasteiger partial charge in [-0.15, -0.1) is 0 Å². The van der Waals surface area contributed by atoms with Crippen molar-refractivity contribution in [1.82, 2.24) is 0 Å². The molecule has 1 aliphatic rings. The molecule has 0 fully saturated rings. The van der Waals surface area contributed by atoms with Crippen molar-refractivity contribution in [2.75, 3.05) is 0 Å². The molecule has 1 aliphatic carbocycles. The van der Waals surface area contributed by atoms with Crippen LogP contribution < -0.4 is 0 Å². The number of rotatable bonds is 2. The van der Waals surface area contributed by atoms with E-state index >= 15 is 0 Å². The molecule has 0 saturated carbocycles. The maximum atomic E-state index is 2.34. The summed E-state index contributed by atoms with van der Waals surface area (Å²) in [5.74, 6) is 0. The molecule has 0 saturated heterocycles. The van der Waals surface area contributed by atoms with Gasteiger partial charge in [-0.05, 0) is 66.1 Å². The largest absolute Gasteiger partial charge is 0.0683 e.